The van der Waals surface area contributed by atoms with Crippen LogP contribution >= 0.6 is 0 Å². The summed E-state index contributed by atoms with van der Waals surface area (Å²) in [5, 5.41) is 0. The highest BCUT2D eigenvalue weighted by Gasteiger charge is 2.27. The van der Waals surface area contributed by atoms with Crippen molar-refractivity contribution in [2.75, 3.05) is 0 Å². The second-order valence-electron chi connectivity index (χ2n) is 8.78. The average molecular weight is 641 g/mol. The molecule has 0 amide bonds. The molecule has 0 unspecified atom stereocenters. The molecule has 6 nitrogen and oxygen atoms in total. The second-order valence-corrected chi connectivity index (χ2v) is 13.6. The SMILES string of the molecule is Cc1ccc(S(=O)(=O)[O-])cc1.Cc1ccc(S(=O)(=O)[O-])cc1.[SH3+].c1ccc([S+](c2ccccc2)c2ccccc2)cc1. The van der Waals surface area contributed by atoms with Crippen molar-refractivity contribution in [3.05, 3.63) is 151 Å². The Kier molecular flexibility index (Phi) is 13.5. The van der Waals surface area contributed by atoms with Crippen LogP contribution in [0.15, 0.2) is 164 Å². The van der Waals surface area contributed by atoms with E-state index in [1.807, 2.05) is 13.8 Å². The van der Waals surface area contributed by atoms with Gasteiger partial charge in [-0.25, -0.2) is 16.8 Å². The molecule has 0 saturated heterocycles. The molecule has 0 aromatic heterocycles. The van der Waals surface area contributed by atoms with Crippen LogP contribution in [0.25, 0.3) is 0 Å². The van der Waals surface area contributed by atoms with Crippen molar-refractivity contribution >= 4 is 44.6 Å². The summed E-state index contributed by atoms with van der Waals surface area (Å²) in [4.78, 5) is 3.73. The van der Waals surface area contributed by atoms with E-state index in [1.165, 1.54) is 39.0 Å². The van der Waals surface area contributed by atoms with Gasteiger partial charge in [0.25, 0.3) is 0 Å². The van der Waals surface area contributed by atoms with E-state index < -0.39 is 20.2 Å². The molecule has 0 radical (unpaired) electrons. The molecule has 220 valence electrons. The van der Waals surface area contributed by atoms with Crippen LogP contribution in [-0.4, -0.2) is 25.9 Å². The van der Waals surface area contributed by atoms with Gasteiger partial charge in [0.15, 0.2) is 14.7 Å². The summed E-state index contributed by atoms with van der Waals surface area (Å²) in [5.74, 6) is 0. The number of hydrogen-bond acceptors (Lipinski definition) is 6. The topological polar surface area (TPSA) is 114 Å². The lowest BCUT2D eigenvalue weighted by Crippen LogP contribution is -2.04. The van der Waals surface area contributed by atoms with Crippen LogP contribution in [0, 0.1) is 13.8 Å². The molecule has 0 aliphatic heterocycles. The highest BCUT2D eigenvalue weighted by atomic mass is 32.2. The molecule has 0 aliphatic carbocycles. The Bertz CT molecular complexity index is 1540. The summed E-state index contributed by atoms with van der Waals surface area (Å²) in [6.07, 6.45) is 0. The normalized spacial score (nSPS) is 10.8. The lowest BCUT2D eigenvalue weighted by atomic mass is 10.2. The molecule has 5 aromatic carbocycles. The van der Waals surface area contributed by atoms with Gasteiger partial charge >= 0.3 is 0 Å². The van der Waals surface area contributed by atoms with E-state index in [1.54, 1.807) is 24.3 Å². The Morgan fingerprint density at radius 3 is 0.881 bits per heavy atom. The van der Waals surface area contributed by atoms with Gasteiger partial charge in [-0.05, 0) is 74.5 Å². The first kappa shape index (κ1) is 34.8. The van der Waals surface area contributed by atoms with Gasteiger partial charge in [-0.15, -0.1) is 0 Å². The summed E-state index contributed by atoms with van der Waals surface area (Å²) < 4.78 is 62.3. The van der Waals surface area contributed by atoms with Gasteiger partial charge in [0, 0.05) is 0 Å². The van der Waals surface area contributed by atoms with E-state index in [9.17, 15) is 25.9 Å². The van der Waals surface area contributed by atoms with Crippen LogP contribution in [-0.2, 0) is 44.6 Å². The quantitative estimate of drug-likeness (QED) is 0.178. The van der Waals surface area contributed by atoms with Crippen molar-refractivity contribution in [1.29, 1.82) is 0 Å². The summed E-state index contributed by atoms with van der Waals surface area (Å²) in [7, 11) is -8.55. The van der Waals surface area contributed by atoms with Crippen molar-refractivity contribution in [3.8, 4) is 0 Å². The van der Waals surface area contributed by atoms with E-state index in [-0.39, 0.29) is 34.2 Å². The third kappa shape index (κ3) is 11.1. The molecule has 5 aromatic rings. The molecule has 5 rings (SSSR count). The van der Waals surface area contributed by atoms with Crippen molar-refractivity contribution in [2.24, 2.45) is 0 Å². The number of benzene rings is 5. The van der Waals surface area contributed by atoms with Gasteiger partial charge in [-0.3, -0.25) is 0 Å². The lowest BCUT2D eigenvalue weighted by molar-refractivity contribution is 0.461. The van der Waals surface area contributed by atoms with Crippen LogP contribution in [0.3, 0.4) is 0 Å². The predicted molar refractivity (Wildman–Crippen MR) is 171 cm³/mol. The van der Waals surface area contributed by atoms with Gasteiger partial charge in [-0.2, -0.15) is 0 Å². The number of hydrogen-bond donors (Lipinski definition) is 0. The van der Waals surface area contributed by atoms with Crippen LogP contribution in [0.2, 0.25) is 0 Å². The highest BCUT2D eigenvalue weighted by molar-refractivity contribution is 7.97. The molecular formula is C32H32O6S4. The summed E-state index contributed by atoms with van der Waals surface area (Å²) >= 11 is 0. The molecule has 0 bridgehead atoms. The fraction of sp³-hybridized carbons (Fsp3) is 0.0625. The first-order chi connectivity index (χ1) is 19.4. The standard InChI is InChI=1S/C18H15S.2C7H8O3S.H2S/c1-4-10-16(11-5-1)19(17-12-6-2-7-13-17)18-14-8-3-9-15-18;2*1-6-2-4-7(5-3-6)11(8,9)10;/h1-15H;2*2-5H,1H3,(H,8,9,10);1H2/q+1;;;/p-1. The Morgan fingerprint density at radius 2 is 0.667 bits per heavy atom. The van der Waals surface area contributed by atoms with E-state index in [0.29, 0.717) is 0 Å². The molecule has 0 atom stereocenters. The van der Waals surface area contributed by atoms with E-state index in [2.05, 4.69) is 91.0 Å². The second kappa shape index (κ2) is 16.3. The molecule has 0 aliphatic rings. The van der Waals surface area contributed by atoms with Crippen LogP contribution < -0.4 is 0 Å². The average Bonchev–Trinajstić information content (AvgIpc) is 2.95. The Morgan fingerprint density at radius 1 is 0.429 bits per heavy atom. The van der Waals surface area contributed by atoms with Crippen molar-refractivity contribution < 1.29 is 25.9 Å². The van der Waals surface area contributed by atoms with E-state index >= 15 is 0 Å². The van der Waals surface area contributed by atoms with Gasteiger partial charge in [0.2, 0.25) is 0 Å². The van der Waals surface area contributed by atoms with Gasteiger partial charge in [0.05, 0.1) is 20.7 Å². The van der Waals surface area contributed by atoms with Crippen LogP contribution in [0.4, 0.5) is 0 Å². The minimum Gasteiger partial charge on any atom is -0.744 e. The minimum atomic E-state index is -4.27. The summed E-state index contributed by atoms with van der Waals surface area (Å²) in [6, 6.07) is 43.7. The molecule has 0 saturated carbocycles. The maximum Gasteiger partial charge on any atom is 0.166 e. The molecule has 0 heterocycles. The smallest absolute Gasteiger partial charge is 0.166 e. The van der Waals surface area contributed by atoms with Crippen molar-refractivity contribution in [2.45, 2.75) is 38.3 Å². The maximum atomic E-state index is 10.4. The summed E-state index contributed by atoms with van der Waals surface area (Å²) in [6.45, 7) is 3.64. The predicted octanol–water partition coefficient (Wildman–Crippen LogP) is 5.77. The van der Waals surface area contributed by atoms with Crippen LogP contribution in [0.1, 0.15) is 11.1 Å². The van der Waals surface area contributed by atoms with Crippen LogP contribution in [0.5, 0.6) is 0 Å². The molecule has 42 heavy (non-hydrogen) atoms. The maximum absolute atomic E-state index is 10.4. The zero-order valence-electron chi connectivity index (χ0n) is 23.0. The minimum absolute atomic E-state index is 0. The Labute approximate surface area is 258 Å². The van der Waals surface area contributed by atoms with Gasteiger partial charge in [-0.1, -0.05) is 103 Å². The molecule has 0 spiro atoms. The third-order valence-corrected chi connectivity index (χ3v) is 9.49. The fourth-order valence-corrected chi connectivity index (χ4v) is 6.53. The zero-order chi connectivity index (χ0) is 29.9. The number of rotatable bonds is 5. The first-order valence-corrected chi connectivity index (χ1v) is 16.4. The highest BCUT2D eigenvalue weighted by Crippen LogP contribution is 2.30. The van der Waals surface area contributed by atoms with Crippen molar-refractivity contribution in [1.82, 2.24) is 0 Å². The largest absolute Gasteiger partial charge is 0.744 e. The first-order valence-electron chi connectivity index (χ1n) is 12.4. The van der Waals surface area contributed by atoms with Gasteiger partial charge in [0.1, 0.15) is 20.2 Å². The molecule has 0 N–H and O–H groups in total. The monoisotopic (exact) mass is 640 g/mol. The fourth-order valence-electron chi connectivity index (χ4n) is 3.49. The lowest BCUT2D eigenvalue weighted by Gasteiger charge is -2.07. The summed E-state index contributed by atoms with van der Waals surface area (Å²) in [5.41, 5.74) is 1.86. The Balaban J connectivity index is 0.000000233. The third-order valence-electron chi connectivity index (χ3n) is 5.56. The molecule has 0 fully saturated rings. The van der Waals surface area contributed by atoms with E-state index in [0.717, 1.165) is 11.1 Å². The molecule has 10 heteroatoms. The van der Waals surface area contributed by atoms with Gasteiger partial charge < -0.3 is 9.11 Å². The van der Waals surface area contributed by atoms with E-state index in [4.69, 9.17) is 0 Å². The Hall–Kier alpha value is -3.38. The zero-order valence-corrected chi connectivity index (χ0v) is 26.6. The number of aryl methyl sites for hydroxylation is 2. The molecular weight excluding hydrogens is 609 g/mol. The van der Waals surface area contributed by atoms with Crippen molar-refractivity contribution in [3.63, 3.8) is 0 Å².